The van der Waals surface area contributed by atoms with Crippen LogP contribution in [0.4, 0.5) is 5.82 Å². The fourth-order valence-electron chi connectivity index (χ4n) is 4.15. The Balaban J connectivity index is 1.47. The van der Waals surface area contributed by atoms with Gasteiger partial charge >= 0.3 is 0 Å². The zero-order valence-corrected chi connectivity index (χ0v) is 19.4. The highest BCUT2D eigenvalue weighted by Gasteiger charge is 2.34. The van der Waals surface area contributed by atoms with Crippen molar-refractivity contribution < 1.29 is 17.9 Å². The molecule has 0 spiro atoms. The Morgan fingerprint density at radius 2 is 2.03 bits per heavy atom. The summed E-state index contributed by atoms with van der Waals surface area (Å²) in [6.45, 7) is 3.49. The third-order valence-electron chi connectivity index (χ3n) is 6.00. The lowest BCUT2D eigenvalue weighted by atomic mass is 10.1. The molecule has 1 amide bonds. The summed E-state index contributed by atoms with van der Waals surface area (Å²) >= 11 is 0. The molecule has 1 atom stereocenters. The van der Waals surface area contributed by atoms with Gasteiger partial charge in [-0.25, -0.2) is 12.7 Å². The Hall–Kier alpha value is -3.15. The molecule has 0 radical (unpaired) electrons. The first-order valence-electron chi connectivity index (χ1n) is 10.6. The van der Waals surface area contributed by atoms with E-state index in [-0.39, 0.29) is 16.8 Å². The minimum Gasteiger partial charge on any atom is -0.379 e. The Morgan fingerprint density at radius 3 is 2.76 bits per heavy atom. The molecule has 0 saturated carbocycles. The van der Waals surface area contributed by atoms with Crippen LogP contribution in [0.1, 0.15) is 34.1 Å². The van der Waals surface area contributed by atoms with Crippen molar-refractivity contribution in [3.05, 3.63) is 53.6 Å². The molecule has 1 saturated heterocycles. The number of nitrogens with zero attached hydrogens (tertiary/aromatic N) is 6. The first-order valence-corrected chi connectivity index (χ1v) is 12.0. The molecule has 5 heterocycles. The molecule has 0 aliphatic carbocycles. The lowest BCUT2D eigenvalue weighted by Gasteiger charge is -2.12. The number of sulfonamides is 1. The lowest BCUT2D eigenvalue weighted by Crippen LogP contribution is -2.24. The maximum absolute atomic E-state index is 13.2. The summed E-state index contributed by atoms with van der Waals surface area (Å²) in [4.78, 5) is 23.7. The van der Waals surface area contributed by atoms with Crippen LogP contribution in [0, 0.1) is 6.92 Å². The van der Waals surface area contributed by atoms with Gasteiger partial charge in [-0.15, -0.1) is 0 Å². The van der Waals surface area contributed by atoms with Gasteiger partial charge in [0, 0.05) is 50.9 Å². The van der Waals surface area contributed by atoms with E-state index >= 15 is 0 Å². The van der Waals surface area contributed by atoms with Crippen molar-refractivity contribution in [2.24, 2.45) is 0 Å². The molecular formula is C22H24N6O4S. The zero-order chi connectivity index (χ0) is 23.3. The molecule has 0 bridgehead atoms. The van der Waals surface area contributed by atoms with Gasteiger partial charge in [0.05, 0.1) is 36.1 Å². The molecule has 172 valence electrons. The fourth-order valence-corrected chi connectivity index (χ4v) is 5.04. The van der Waals surface area contributed by atoms with Crippen LogP contribution in [0.3, 0.4) is 0 Å². The van der Waals surface area contributed by atoms with E-state index < -0.39 is 10.0 Å². The van der Waals surface area contributed by atoms with E-state index in [4.69, 9.17) is 9.72 Å². The first-order chi connectivity index (χ1) is 15.8. The molecule has 1 fully saturated rings. The molecule has 33 heavy (non-hydrogen) atoms. The second-order valence-corrected chi connectivity index (χ2v) is 10.6. The van der Waals surface area contributed by atoms with Gasteiger partial charge in [-0.2, -0.15) is 5.10 Å². The number of anilines is 1. The molecule has 0 aromatic carbocycles. The van der Waals surface area contributed by atoms with E-state index in [0.717, 1.165) is 16.3 Å². The predicted octanol–water partition coefficient (Wildman–Crippen LogP) is 2.02. The normalized spacial score (nSPS) is 18.4. The topological polar surface area (TPSA) is 111 Å². The van der Waals surface area contributed by atoms with Crippen molar-refractivity contribution in [2.45, 2.75) is 30.8 Å². The van der Waals surface area contributed by atoms with E-state index in [1.807, 2.05) is 23.9 Å². The molecule has 0 N–H and O–H groups in total. The number of carbonyl (C=O) groups is 1. The SMILES string of the molecule is Cc1cc(-c2cncc(S(=O)(=O)N(C)C)c2)nc2c1C(=O)N(c1ccn(C3CCOC3)n1)C2. The van der Waals surface area contributed by atoms with E-state index in [2.05, 4.69) is 10.1 Å². The quantitative estimate of drug-likeness (QED) is 0.563. The molecule has 3 aromatic rings. The number of aryl methyl sites for hydroxylation is 1. The molecular weight excluding hydrogens is 444 g/mol. The molecule has 11 heteroatoms. The number of hydrogen-bond donors (Lipinski definition) is 0. The predicted molar refractivity (Wildman–Crippen MR) is 120 cm³/mol. The van der Waals surface area contributed by atoms with Crippen molar-refractivity contribution in [3.63, 3.8) is 0 Å². The van der Waals surface area contributed by atoms with Gasteiger partial charge in [-0.1, -0.05) is 0 Å². The Bertz CT molecular complexity index is 1340. The van der Waals surface area contributed by atoms with Crippen LogP contribution in [0.15, 0.2) is 41.7 Å². The average Bonchev–Trinajstić information content (AvgIpc) is 3.53. The van der Waals surface area contributed by atoms with Gasteiger partial charge in [0.15, 0.2) is 5.82 Å². The Kier molecular flexibility index (Phi) is 5.26. The Morgan fingerprint density at radius 1 is 1.21 bits per heavy atom. The summed E-state index contributed by atoms with van der Waals surface area (Å²) < 4.78 is 33.4. The summed E-state index contributed by atoms with van der Waals surface area (Å²) in [6, 6.07) is 5.36. The average molecular weight is 469 g/mol. The minimum absolute atomic E-state index is 0.0871. The second-order valence-electron chi connectivity index (χ2n) is 8.41. The van der Waals surface area contributed by atoms with Crippen molar-refractivity contribution in [2.75, 3.05) is 32.2 Å². The van der Waals surface area contributed by atoms with E-state index in [1.165, 1.54) is 20.3 Å². The van der Waals surface area contributed by atoms with Crippen LogP contribution in [0.5, 0.6) is 0 Å². The van der Waals surface area contributed by atoms with E-state index in [9.17, 15) is 13.2 Å². The fraction of sp³-hybridized carbons (Fsp3) is 0.364. The number of rotatable bonds is 5. The third kappa shape index (κ3) is 3.71. The van der Waals surface area contributed by atoms with Gasteiger partial charge in [0.25, 0.3) is 5.91 Å². The standard InChI is InChI=1S/C22H24N6O4S/c1-14-8-18(15-9-17(11-23-10-15)33(30,31)26(2)3)24-19-12-27(22(29)21(14)19)20-4-6-28(25-20)16-5-7-32-13-16/h4,6,8-11,16H,5,7,12-13H2,1-3H3. The van der Waals surface area contributed by atoms with Gasteiger partial charge in [0.2, 0.25) is 10.0 Å². The third-order valence-corrected chi connectivity index (χ3v) is 7.78. The molecule has 2 aliphatic heterocycles. The number of amides is 1. The molecule has 2 aliphatic rings. The smallest absolute Gasteiger partial charge is 0.262 e. The van der Waals surface area contributed by atoms with Crippen LogP contribution < -0.4 is 4.90 Å². The van der Waals surface area contributed by atoms with Crippen molar-refractivity contribution in [1.29, 1.82) is 0 Å². The molecule has 3 aromatic heterocycles. The zero-order valence-electron chi connectivity index (χ0n) is 18.6. The number of ether oxygens (including phenoxy) is 1. The summed E-state index contributed by atoms with van der Waals surface area (Å²) in [6.07, 6.45) is 5.66. The summed E-state index contributed by atoms with van der Waals surface area (Å²) in [5, 5.41) is 4.61. The maximum atomic E-state index is 13.2. The van der Waals surface area contributed by atoms with Crippen LogP contribution in [0.2, 0.25) is 0 Å². The second kappa shape index (κ2) is 8.01. The highest BCUT2D eigenvalue weighted by Crippen LogP contribution is 2.32. The monoisotopic (exact) mass is 468 g/mol. The minimum atomic E-state index is -3.63. The first kappa shape index (κ1) is 21.7. The Labute approximate surface area is 191 Å². The van der Waals surface area contributed by atoms with Crippen LogP contribution >= 0.6 is 0 Å². The number of pyridine rings is 2. The summed E-state index contributed by atoms with van der Waals surface area (Å²) in [7, 11) is -0.680. The summed E-state index contributed by atoms with van der Waals surface area (Å²) in [5.74, 6) is 0.433. The number of carbonyl (C=O) groups excluding carboxylic acids is 1. The largest absolute Gasteiger partial charge is 0.379 e. The van der Waals surface area contributed by atoms with Gasteiger partial charge in [-0.3, -0.25) is 24.3 Å². The van der Waals surface area contributed by atoms with Crippen LogP contribution in [-0.4, -0.2) is 65.7 Å². The van der Waals surface area contributed by atoms with Crippen molar-refractivity contribution in [3.8, 4) is 11.3 Å². The number of fused-ring (bicyclic) bond motifs is 1. The van der Waals surface area contributed by atoms with Crippen LogP contribution in [-0.2, 0) is 21.3 Å². The molecule has 1 unspecified atom stereocenters. The summed E-state index contributed by atoms with van der Waals surface area (Å²) in [5.41, 5.74) is 3.10. The maximum Gasteiger partial charge on any atom is 0.262 e. The van der Waals surface area contributed by atoms with E-state index in [1.54, 1.807) is 23.2 Å². The van der Waals surface area contributed by atoms with Crippen LogP contribution in [0.25, 0.3) is 11.3 Å². The number of aromatic nitrogens is 4. The van der Waals surface area contributed by atoms with E-state index in [0.29, 0.717) is 48.1 Å². The highest BCUT2D eigenvalue weighted by molar-refractivity contribution is 7.89. The van der Waals surface area contributed by atoms with Gasteiger partial charge in [-0.05, 0) is 31.0 Å². The lowest BCUT2D eigenvalue weighted by molar-refractivity contribution is 0.0995. The van der Waals surface area contributed by atoms with Crippen molar-refractivity contribution in [1.82, 2.24) is 24.1 Å². The van der Waals surface area contributed by atoms with Gasteiger partial charge in [0.1, 0.15) is 4.90 Å². The van der Waals surface area contributed by atoms with Gasteiger partial charge < -0.3 is 4.74 Å². The number of hydrogen-bond acceptors (Lipinski definition) is 7. The molecule has 5 rings (SSSR count). The molecule has 10 nitrogen and oxygen atoms in total. The highest BCUT2D eigenvalue weighted by atomic mass is 32.2. The van der Waals surface area contributed by atoms with Crippen molar-refractivity contribution >= 4 is 21.7 Å².